The van der Waals surface area contributed by atoms with E-state index in [1.807, 2.05) is 0 Å². The zero-order valence-corrected chi connectivity index (χ0v) is 8.79. The van der Waals surface area contributed by atoms with Crippen LogP contribution in [0.4, 0.5) is 0 Å². The predicted octanol–water partition coefficient (Wildman–Crippen LogP) is -1.48. The zero-order valence-electron chi connectivity index (χ0n) is 7.97. The van der Waals surface area contributed by atoms with Crippen molar-refractivity contribution in [1.29, 1.82) is 0 Å². The number of methoxy groups -OCH3 is 1. The summed E-state index contributed by atoms with van der Waals surface area (Å²) in [5.74, 6) is -0.180. The summed E-state index contributed by atoms with van der Waals surface area (Å²) in [5.41, 5.74) is 0. The summed E-state index contributed by atoms with van der Waals surface area (Å²) in [6.07, 6.45) is -0.0114. The molecule has 0 aromatic carbocycles. The predicted molar refractivity (Wildman–Crippen MR) is 50.0 cm³/mol. The molecule has 0 saturated carbocycles. The molecule has 1 rings (SSSR count). The molecule has 2 N–H and O–H groups in total. The summed E-state index contributed by atoms with van der Waals surface area (Å²) in [5, 5.41) is 4.20. The number of hydrogen-bond donors (Lipinski definition) is 1. The topological polar surface area (TPSA) is 89.7 Å². The Morgan fingerprint density at radius 2 is 2.29 bits per heavy atom. The van der Waals surface area contributed by atoms with Crippen molar-refractivity contribution in [1.82, 2.24) is 4.90 Å². The van der Waals surface area contributed by atoms with Crippen LogP contribution in [0.25, 0.3) is 0 Å². The number of likely N-dealkylation sites (tertiary alicyclic amines) is 1. The third kappa shape index (κ3) is 2.66. The zero-order chi connectivity index (χ0) is 10.8. The van der Waals surface area contributed by atoms with E-state index in [0.29, 0.717) is 13.2 Å². The summed E-state index contributed by atoms with van der Waals surface area (Å²) in [6, 6.07) is 0. The number of amides is 1. The van der Waals surface area contributed by atoms with Crippen molar-refractivity contribution >= 4 is 15.9 Å². The highest BCUT2D eigenvalue weighted by molar-refractivity contribution is 7.89. The van der Waals surface area contributed by atoms with E-state index in [1.54, 1.807) is 0 Å². The van der Waals surface area contributed by atoms with Gasteiger partial charge in [-0.2, -0.15) is 0 Å². The maximum atomic E-state index is 11.3. The third-order valence-corrected chi connectivity index (χ3v) is 3.45. The average Bonchev–Trinajstić information content (AvgIpc) is 2.43. The lowest BCUT2D eigenvalue weighted by molar-refractivity contribution is -0.128. The lowest BCUT2D eigenvalue weighted by Crippen LogP contribution is -2.33. The molecule has 0 bridgehead atoms. The minimum Gasteiger partial charge on any atom is -0.383 e. The molecule has 1 fully saturated rings. The van der Waals surface area contributed by atoms with Crippen molar-refractivity contribution in [2.24, 2.45) is 5.14 Å². The normalized spacial score (nSPS) is 23.1. The van der Waals surface area contributed by atoms with Gasteiger partial charge in [-0.15, -0.1) is 0 Å². The Morgan fingerprint density at radius 1 is 1.64 bits per heavy atom. The first-order valence-electron chi connectivity index (χ1n) is 4.23. The van der Waals surface area contributed by atoms with Crippen LogP contribution in [0.3, 0.4) is 0 Å². The Kier molecular flexibility index (Phi) is 3.46. The molecule has 6 nitrogen and oxygen atoms in total. The van der Waals surface area contributed by atoms with Crippen LogP contribution < -0.4 is 5.14 Å². The Balaban J connectivity index is 2.56. The molecule has 82 valence electrons. The molecule has 1 aliphatic rings. The lowest BCUT2D eigenvalue weighted by Gasteiger charge is -2.14. The van der Waals surface area contributed by atoms with E-state index in [4.69, 9.17) is 9.88 Å². The van der Waals surface area contributed by atoms with Gasteiger partial charge in [0.25, 0.3) is 0 Å². The van der Waals surface area contributed by atoms with Crippen LogP contribution >= 0.6 is 0 Å². The van der Waals surface area contributed by atoms with Gasteiger partial charge in [0.1, 0.15) is 5.25 Å². The van der Waals surface area contributed by atoms with Gasteiger partial charge < -0.3 is 9.64 Å². The Hall–Kier alpha value is -0.660. The lowest BCUT2D eigenvalue weighted by atomic mass is 10.4. The van der Waals surface area contributed by atoms with Crippen LogP contribution in [0.5, 0.6) is 0 Å². The number of nitrogens with two attached hydrogens (primary N) is 1. The van der Waals surface area contributed by atoms with E-state index in [9.17, 15) is 13.2 Å². The molecule has 0 aromatic rings. The third-order valence-electron chi connectivity index (χ3n) is 2.21. The number of ether oxygens (including phenoxy) is 1. The van der Waals surface area contributed by atoms with Gasteiger partial charge in [-0.3, -0.25) is 4.79 Å². The quantitative estimate of drug-likeness (QED) is 0.628. The number of primary sulfonamides is 1. The second-order valence-electron chi connectivity index (χ2n) is 3.25. The van der Waals surface area contributed by atoms with Crippen molar-refractivity contribution in [3.63, 3.8) is 0 Å². The van der Waals surface area contributed by atoms with E-state index in [0.717, 1.165) is 0 Å². The molecule has 1 atom stereocenters. The molecule has 1 aliphatic heterocycles. The monoisotopic (exact) mass is 222 g/mol. The van der Waals surface area contributed by atoms with Gasteiger partial charge in [0, 0.05) is 26.6 Å². The van der Waals surface area contributed by atoms with E-state index in [2.05, 4.69) is 0 Å². The van der Waals surface area contributed by atoms with Crippen molar-refractivity contribution in [3.05, 3.63) is 0 Å². The number of sulfonamides is 1. The summed E-state index contributed by atoms with van der Waals surface area (Å²) >= 11 is 0. The van der Waals surface area contributed by atoms with Crippen molar-refractivity contribution < 1.29 is 17.9 Å². The molecule has 1 heterocycles. The highest BCUT2D eigenvalue weighted by Gasteiger charge is 2.35. The van der Waals surface area contributed by atoms with Crippen LogP contribution in [0, 0.1) is 0 Å². The fourth-order valence-electron chi connectivity index (χ4n) is 1.37. The van der Waals surface area contributed by atoms with Gasteiger partial charge >= 0.3 is 0 Å². The maximum Gasteiger partial charge on any atom is 0.224 e. The molecule has 0 aliphatic carbocycles. The van der Waals surface area contributed by atoms with E-state index in [1.165, 1.54) is 12.0 Å². The summed E-state index contributed by atoms with van der Waals surface area (Å²) < 4.78 is 26.7. The summed E-state index contributed by atoms with van der Waals surface area (Å²) in [7, 11) is -2.07. The van der Waals surface area contributed by atoms with Crippen molar-refractivity contribution in [2.45, 2.75) is 11.7 Å². The Labute approximate surface area is 83.1 Å². The van der Waals surface area contributed by atoms with Crippen LogP contribution in [0.1, 0.15) is 6.42 Å². The number of carbonyl (C=O) groups excluding carboxylic acids is 1. The average molecular weight is 222 g/mol. The van der Waals surface area contributed by atoms with Crippen molar-refractivity contribution in [3.8, 4) is 0 Å². The molecule has 0 spiro atoms. The second-order valence-corrected chi connectivity index (χ2v) is 5.09. The highest BCUT2D eigenvalue weighted by atomic mass is 32.2. The molecular formula is C7H14N2O4S. The number of nitrogens with zero attached hydrogens (tertiary/aromatic N) is 1. The van der Waals surface area contributed by atoms with Gasteiger partial charge in [0.05, 0.1) is 6.61 Å². The molecule has 14 heavy (non-hydrogen) atoms. The van der Waals surface area contributed by atoms with Gasteiger partial charge in [-0.05, 0) is 0 Å². The fraction of sp³-hybridized carbons (Fsp3) is 0.857. The largest absolute Gasteiger partial charge is 0.383 e. The molecule has 0 radical (unpaired) electrons. The second kappa shape index (κ2) is 4.24. The Bertz CT molecular complexity index is 314. The van der Waals surface area contributed by atoms with Gasteiger partial charge in [-0.1, -0.05) is 0 Å². The molecule has 0 aromatic heterocycles. The minimum atomic E-state index is -3.60. The first-order valence-corrected chi connectivity index (χ1v) is 5.84. The SMILES string of the molecule is COCCN1CC(S(N)(=O)=O)CC1=O. The van der Waals surface area contributed by atoms with Crippen LogP contribution in [0.2, 0.25) is 0 Å². The summed E-state index contributed by atoms with van der Waals surface area (Å²) in [6.45, 7) is 1.01. The van der Waals surface area contributed by atoms with Crippen LogP contribution in [0.15, 0.2) is 0 Å². The molecular weight excluding hydrogens is 208 g/mol. The molecule has 1 saturated heterocycles. The number of carbonyl (C=O) groups is 1. The standard InChI is InChI=1S/C7H14N2O4S/c1-13-3-2-9-5-6(4-7(9)10)14(8,11)12/h6H,2-5H2,1H3,(H2,8,11,12). The van der Waals surface area contributed by atoms with E-state index in [-0.39, 0.29) is 18.9 Å². The first-order chi connectivity index (χ1) is 6.45. The van der Waals surface area contributed by atoms with Gasteiger partial charge in [0.2, 0.25) is 15.9 Å². The van der Waals surface area contributed by atoms with E-state index < -0.39 is 15.3 Å². The first kappa shape index (κ1) is 11.4. The van der Waals surface area contributed by atoms with Crippen LogP contribution in [-0.4, -0.2) is 51.3 Å². The Morgan fingerprint density at radius 3 is 2.71 bits per heavy atom. The number of hydrogen-bond acceptors (Lipinski definition) is 4. The maximum absolute atomic E-state index is 11.3. The smallest absolute Gasteiger partial charge is 0.224 e. The minimum absolute atomic E-state index is 0.0114. The van der Waals surface area contributed by atoms with Crippen LogP contribution in [-0.2, 0) is 19.6 Å². The fourth-order valence-corrected chi connectivity index (χ4v) is 2.14. The molecule has 1 amide bonds. The molecule has 7 heteroatoms. The summed E-state index contributed by atoms with van der Waals surface area (Å²) in [4.78, 5) is 12.7. The van der Waals surface area contributed by atoms with E-state index >= 15 is 0 Å². The highest BCUT2D eigenvalue weighted by Crippen LogP contribution is 2.15. The van der Waals surface area contributed by atoms with Gasteiger partial charge in [0.15, 0.2) is 0 Å². The van der Waals surface area contributed by atoms with Crippen molar-refractivity contribution in [2.75, 3.05) is 26.8 Å². The molecule has 1 unspecified atom stereocenters. The van der Waals surface area contributed by atoms with Gasteiger partial charge in [-0.25, -0.2) is 13.6 Å². The number of rotatable bonds is 4.